The van der Waals surface area contributed by atoms with Gasteiger partial charge < -0.3 is 5.11 Å². The highest BCUT2D eigenvalue weighted by molar-refractivity contribution is 7.89. The highest BCUT2D eigenvalue weighted by atomic mass is 32.2. The van der Waals surface area contributed by atoms with E-state index in [0.717, 1.165) is 30.3 Å². The number of carboxylic acids is 1. The lowest BCUT2D eigenvalue weighted by atomic mass is 10.2. The van der Waals surface area contributed by atoms with Crippen molar-refractivity contribution < 1.29 is 28.2 Å². The second kappa shape index (κ2) is 7.88. The summed E-state index contributed by atoms with van der Waals surface area (Å²) in [6.07, 6.45) is 0. The number of nitro groups is 2. The summed E-state index contributed by atoms with van der Waals surface area (Å²) in [7, 11) is -4.36. The van der Waals surface area contributed by atoms with Crippen LogP contribution in [0.25, 0.3) is 0 Å². The van der Waals surface area contributed by atoms with Crippen molar-refractivity contribution in [3.05, 3.63) is 74.3 Å². The number of sulfonamides is 1. The molecule has 0 heterocycles. The molecule has 0 fully saturated rings. The Morgan fingerprint density at radius 1 is 1.00 bits per heavy atom. The normalized spacial score (nSPS) is 11.3. The van der Waals surface area contributed by atoms with Crippen molar-refractivity contribution in [1.29, 1.82) is 0 Å². The van der Waals surface area contributed by atoms with Gasteiger partial charge in [-0.05, 0) is 11.6 Å². The van der Waals surface area contributed by atoms with Crippen LogP contribution in [0.1, 0.15) is 5.56 Å². The van der Waals surface area contributed by atoms with Gasteiger partial charge in [-0.25, -0.2) is 8.42 Å². The maximum Gasteiger partial charge on any atom is 0.318 e. The van der Waals surface area contributed by atoms with E-state index in [1.165, 1.54) is 18.2 Å². The molecule has 0 aromatic heterocycles. The smallest absolute Gasteiger partial charge is 0.318 e. The van der Waals surface area contributed by atoms with E-state index in [0.29, 0.717) is 9.87 Å². The van der Waals surface area contributed by atoms with E-state index in [9.17, 15) is 33.4 Å². The lowest BCUT2D eigenvalue weighted by Gasteiger charge is -2.20. The molecule has 12 heteroatoms. The minimum atomic E-state index is -4.36. The molecule has 0 unspecified atom stereocenters. The summed E-state index contributed by atoms with van der Waals surface area (Å²) in [5.41, 5.74) is -0.345. The first kappa shape index (κ1) is 19.9. The predicted octanol–water partition coefficient (Wildman–Crippen LogP) is 1.78. The molecule has 142 valence electrons. The van der Waals surface area contributed by atoms with E-state index in [1.54, 1.807) is 0 Å². The summed E-state index contributed by atoms with van der Waals surface area (Å²) >= 11 is 0. The maximum atomic E-state index is 12.8. The molecular weight excluding hydrogens is 382 g/mol. The van der Waals surface area contributed by atoms with Crippen molar-refractivity contribution >= 4 is 27.4 Å². The van der Waals surface area contributed by atoms with E-state index in [4.69, 9.17) is 5.11 Å². The summed E-state index contributed by atoms with van der Waals surface area (Å²) in [5.74, 6) is -1.43. The molecule has 0 aliphatic heterocycles. The number of carboxylic acid groups (broad SMARTS) is 1. The van der Waals surface area contributed by atoms with E-state index in [-0.39, 0.29) is 12.2 Å². The van der Waals surface area contributed by atoms with Gasteiger partial charge in [0.15, 0.2) is 0 Å². The minimum Gasteiger partial charge on any atom is -0.480 e. The van der Waals surface area contributed by atoms with Gasteiger partial charge >= 0.3 is 5.97 Å². The van der Waals surface area contributed by atoms with Crippen LogP contribution in [0.4, 0.5) is 11.4 Å². The fourth-order valence-corrected chi connectivity index (χ4v) is 3.63. The lowest BCUT2D eigenvalue weighted by Crippen LogP contribution is -2.35. The van der Waals surface area contributed by atoms with E-state index >= 15 is 0 Å². The zero-order valence-electron chi connectivity index (χ0n) is 13.6. The van der Waals surface area contributed by atoms with Gasteiger partial charge in [-0.15, -0.1) is 0 Å². The average Bonchev–Trinajstić information content (AvgIpc) is 2.61. The Morgan fingerprint density at radius 3 is 2.11 bits per heavy atom. The van der Waals surface area contributed by atoms with Crippen LogP contribution in [0.2, 0.25) is 0 Å². The lowest BCUT2D eigenvalue weighted by molar-refractivity contribution is -0.385. The predicted molar refractivity (Wildman–Crippen MR) is 91.4 cm³/mol. The van der Waals surface area contributed by atoms with Crippen molar-refractivity contribution in [2.24, 2.45) is 0 Å². The largest absolute Gasteiger partial charge is 0.480 e. The first-order valence-electron chi connectivity index (χ1n) is 7.31. The number of aliphatic carboxylic acids is 1. The number of non-ortho nitro benzene ring substituents is 2. The molecule has 1 N–H and O–H groups in total. The summed E-state index contributed by atoms with van der Waals surface area (Å²) in [6, 6.07) is 9.16. The second-order valence-corrected chi connectivity index (χ2v) is 7.28. The first-order valence-corrected chi connectivity index (χ1v) is 8.75. The zero-order valence-corrected chi connectivity index (χ0v) is 14.4. The zero-order chi connectivity index (χ0) is 20.2. The molecule has 0 aliphatic carbocycles. The Morgan fingerprint density at radius 2 is 1.59 bits per heavy atom. The topological polar surface area (TPSA) is 161 Å². The molecule has 2 aromatic carbocycles. The summed E-state index contributed by atoms with van der Waals surface area (Å²) in [5, 5.41) is 30.6. The Labute approximate surface area is 152 Å². The summed E-state index contributed by atoms with van der Waals surface area (Å²) in [6.45, 7) is -1.27. The van der Waals surface area contributed by atoms with E-state index in [1.807, 2.05) is 0 Å². The Kier molecular flexibility index (Phi) is 5.82. The second-order valence-electron chi connectivity index (χ2n) is 5.34. The van der Waals surface area contributed by atoms with Crippen LogP contribution >= 0.6 is 0 Å². The Bertz CT molecular complexity index is 988. The third-order valence-corrected chi connectivity index (χ3v) is 5.27. The molecule has 27 heavy (non-hydrogen) atoms. The minimum absolute atomic E-state index is 0.204. The quantitative estimate of drug-likeness (QED) is 0.522. The number of hydrogen-bond acceptors (Lipinski definition) is 7. The number of benzene rings is 2. The number of nitrogens with zero attached hydrogens (tertiary/aromatic N) is 3. The molecule has 0 saturated carbocycles. The van der Waals surface area contributed by atoms with E-state index in [2.05, 4.69) is 0 Å². The van der Waals surface area contributed by atoms with E-state index < -0.39 is 43.0 Å². The molecular formula is C15H13N3O8S. The molecule has 0 atom stereocenters. The SMILES string of the molecule is O=C(O)CN(Cc1ccc([N+](=O)[O-])cc1)S(=O)(=O)c1cccc([N+](=O)[O-])c1. The molecule has 11 nitrogen and oxygen atoms in total. The van der Waals surface area contributed by atoms with Gasteiger partial charge in [-0.1, -0.05) is 18.2 Å². The molecule has 0 saturated heterocycles. The summed E-state index contributed by atoms with van der Waals surface area (Å²) in [4.78, 5) is 30.8. The number of hydrogen-bond donors (Lipinski definition) is 1. The molecule has 0 radical (unpaired) electrons. The van der Waals surface area contributed by atoms with Crippen molar-refractivity contribution in [2.45, 2.75) is 11.4 Å². The molecule has 0 amide bonds. The third kappa shape index (κ3) is 4.83. The van der Waals surface area contributed by atoms with Crippen molar-refractivity contribution in [1.82, 2.24) is 4.31 Å². The van der Waals surface area contributed by atoms with Crippen molar-refractivity contribution in [3.63, 3.8) is 0 Å². The van der Waals surface area contributed by atoms with Gasteiger partial charge in [0, 0.05) is 30.8 Å². The van der Waals surface area contributed by atoms with Crippen LogP contribution in [0.5, 0.6) is 0 Å². The van der Waals surface area contributed by atoms with Crippen LogP contribution in [-0.4, -0.2) is 40.2 Å². The molecule has 0 bridgehead atoms. The average molecular weight is 395 g/mol. The standard InChI is InChI=1S/C15H13N3O8S/c19-15(20)10-16(9-11-4-6-12(7-5-11)17(21)22)27(25,26)14-3-1-2-13(8-14)18(23)24/h1-8H,9-10H2,(H,19,20). The fraction of sp³-hybridized carbons (Fsp3) is 0.133. The number of rotatable bonds is 8. The molecule has 2 rings (SSSR count). The highest BCUT2D eigenvalue weighted by Gasteiger charge is 2.28. The molecule has 0 spiro atoms. The number of carbonyl (C=O) groups is 1. The van der Waals surface area contributed by atoms with Crippen LogP contribution < -0.4 is 0 Å². The number of nitro benzene ring substituents is 2. The van der Waals surface area contributed by atoms with Crippen LogP contribution in [0.3, 0.4) is 0 Å². The molecule has 2 aromatic rings. The first-order chi connectivity index (χ1) is 12.6. The monoisotopic (exact) mass is 395 g/mol. The van der Waals surface area contributed by atoms with Gasteiger partial charge in [-0.2, -0.15) is 4.31 Å². The van der Waals surface area contributed by atoms with Gasteiger partial charge in [0.25, 0.3) is 11.4 Å². The van der Waals surface area contributed by atoms with Crippen LogP contribution in [0.15, 0.2) is 53.4 Å². The Balaban J connectivity index is 2.39. The third-order valence-electron chi connectivity index (χ3n) is 3.48. The maximum absolute atomic E-state index is 12.8. The van der Waals surface area contributed by atoms with Gasteiger partial charge in [0.05, 0.1) is 14.7 Å². The van der Waals surface area contributed by atoms with Crippen molar-refractivity contribution in [2.75, 3.05) is 6.54 Å². The Hall–Kier alpha value is -3.38. The van der Waals surface area contributed by atoms with Gasteiger partial charge in [0.1, 0.15) is 6.54 Å². The van der Waals surface area contributed by atoms with Crippen molar-refractivity contribution in [3.8, 4) is 0 Å². The van der Waals surface area contributed by atoms with Crippen LogP contribution in [0, 0.1) is 20.2 Å². The van der Waals surface area contributed by atoms with Gasteiger partial charge in [0.2, 0.25) is 10.0 Å². The fourth-order valence-electron chi connectivity index (χ4n) is 2.21. The van der Waals surface area contributed by atoms with Gasteiger partial charge in [-0.3, -0.25) is 25.0 Å². The molecule has 0 aliphatic rings. The highest BCUT2D eigenvalue weighted by Crippen LogP contribution is 2.23. The van der Waals surface area contributed by atoms with Crippen LogP contribution in [-0.2, 0) is 21.4 Å². The summed E-state index contributed by atoms with van der Waals surface area (Å²) < 4.78 is 26.1.